The number of allylic oxidation sites excluding steroid dienone is 1. The Morgan fingerprint density at radius 1 is 1.23 bits per heavy atom. The van der Waals surface area contributed by atoms with Crippen molar-refractivity contribution in [3.8, 4) is 0 Å². The van der Waals surface area contributed by atoms with Crippen molar-refractivity contribution in [1.82, 2.24) is 0 Å². The lowest BCUT2D eigenvalue weighted by molar-refractivity contribution is -0.181. The smallest absolute Gasteiger partial charge is 0.316 e. The molecule has 0 amide bonds. The molecule has 4 fully saturated rings. The fraction of sp³-hybridized carbons (Fsp3) is 0.615. The van der Waals surface area contributed by atoms with Gasteiger partial charge in [-0.25, -0.2) is 0 Å². The van der Waals surface area contributed by atoms with Crippen LogP contribution in [0, 0.1) is 33.5 Å². The predicted molar refractivity (Wildman–Crippen MR) is 112 cm³/mol. The van der Waals surface area contributed by atoms with Gasteiger partial charge in [0.25, 0.3) is 0 Å². The van der Waals surface area contributed by atoms with E-state index < -0.39 is 10.8 Å². The molecule has 0 N–H and O–H groups in total. The number of carbonyl (C=O) groups is 2. The number of hydrogen-bond donors (Lipinski definition) is 0. The van der Waals surface area contributed by atoms with Crippen molar-refractivity contribution in [1.29, 1.82) is 0 Å². The van der Waals surface area contributed by atoms with Gasteiger partial charge >= 0.3 is 5.97 Å². The lowest BCUT2D eigenvalue weighted by atomic mass is 9.44. The van der Waals surface area contributed by atoms with Crippen LogP contribution in [-0.4, -0.2) is 30.1 Å². The second-order valence-electron chi connectivity index (χ2n) is 11.1. The second kappa shape index (κ2) is 5.09. The molecule has 0 bridgehead atoms. The Bertz CT molecular complexity index is 1110. The van der Waals surface area contributed by atoms with E-state index in [0.717, 1.165) is 24.8 Å². The fourth-order valence-electron chi connectivity index (χ4n) is 9.38. The summed E-state index contributed by atoms with van der Waals surface area (Å²) in [6, 6.07) is 2.03. The standard InChI is InChI=1S/C26H28O5/c1-5-16-24(4)17(27)6-8-23(3)20(24)19(31-22(23)28)21-26(16)12-25(26)13(2)15(10-18(25)30-21)14-7-9-29-11-14/h6-9,11,16,18-21H,5,10,12H2,1-4H3/t16-,18+,19-,20+,21-,23-,24+,25-,26+/m1/s1. The molecule has 7 rings (SSSR count). The Balaban J connectivity index is 1.44. The van der Waals surface area contributed by atoms with Crippen LogP contribution in [0.25, 0.3) is 5.57 Å². The largest absolute Gasteiger partial charge is 0.472 e. The van der Waals surface area contributed by atoms with E-state index in [1.54, 1.807) is 18.4 Å². The van der Waals surface area contributed by atoms with Gasteiger partial charge in [0, 0.05) is 34.1 Å². The summed E-state index contributed by atoms with van der Waals surface area (Å²) >= 11 is 0. The van der Waals surface area contributed by atoms with E-state index in [0.29, 0.717) is 0 Å². The first-order valence-corrected chi connectivity index (χ1v) is 11.6. The summed E-state index contributed by atoms with van der Waals surface area (Å²) in [6.45, 7) is 8.51. The fourth-order valence-corrected chi connectivity index (χ4v) is 9.38. The summed E-state index contributed by atoms with van der Waals surface area (Å²) in [7, 11) is 0. The highest BCUT2D eigenvalue weighted by atomic mass is 16.6. The molecular formula is C26H28O5. The Morgan fingerprint density at radius 3 is 2.74 bits per heavy atom. The van der Waals surface area contributed by atoms with E-state index in [4.69, 9.17) is 13.9 Å². The number of furan rings is 1. The molecule has 9 atom stereocenters. The van der Waals surface area contributed by atoms with Crippen LogP contribution in [0.2, 0.25) is 0 Å². The Kier molecular flexibility index (Phi) is 3.02. The van der Waals surface area contributed by atoms with Gasteiger partial charge in [-0.2, -0.15) is 0 Å². The van der Waals surface area contributed by atoms with Crippen LogP contribution in [-0.2, 0) is 19.1 Å². The minimum atomic E-state index is -0.752. The van der Waals surface area contributed by atoms with Crippen LogP contribution >= 0.6 is 0 Å². The number of fused-ring (bicyclic) bond motifs is 1. The molecule has 4 aliphatic carbocycles. The maximum Gasteiger partial charge on any atom is 0.316 e. The number of carbonyl (C=O) groups excluding carboxylic acids is 2. The first kappa shape index (κ1) is 18.4. The van der Waals surface area contributed by atoms with Crippen LogP contribution in [0.3, 0.4) is 0 Å². The van der Waals surface area contributed by atoms with E-state index in [9.17, 15) is 9.59 Å². The van der Waals surface area contributed by atoms with Gasteiger partial charge in [-0.1, -0.05) is 31.9 Å². The van der Waals surface area contributed by atoms with Crippen LogP contribution < -0.4 is 0 Å². The lowest BCUT2D eigenvalue weighted by Crippen LogP contribution is -2.63. The number of rotatable bonds is 2. The van der Waals surface area contributed by atoms with Gasteiger partial charge in [-0.3, -0.25) is 9.59 Å². The van der Waals surface area contributed by atoms with Gasteiger partial charge in [0.1, 0.15) is 12.2 Å². The van der Waals surface area contributed by atoms with E-state index >= 15 is 0 Å². The minimum Gasteiger partial charge on any atom is -0.472 e. The van der Waals surface area contributed by atoms with Crippen LogP contribution in [0.5, 0.6) is 0 Å². The summed E-state index contributed by atoms with van der Waals surface area (Å²) < 4.78 is 18.3. The first-order valence-electron chi connectivity index (χ1n) is 11.6. The number of esters is 1. The summed E-state index contributed by atoms with van der Waals surface area (Å²) in [5.74, 6) is -0.0647. The van der Waals surface area contributed by atoms with Crippen LogP contribution in [0.15, 0.2) is 40.7 Å². The van der Waals surface area contributed by atoms with Gasteiger partial charge in [0.2, 0.25) is 0 Å². The van der Waals surface area contributed by atoms with Crippen molar-refractivity contribution in [2.24, 2.45) is 33.5 Å². The van der Waals surface area contributed by atoms with Crippen LogP contribution in [0.4, 0.5) is 0 Å². The quantitative estimate of drug-likeness (QED) is 0.666. The second-order valence-corrected chi connectivity index (χ2v) is 11.1. The molecule has 2 saturated heterocycles. The molecule has 1 aromatic heterocycles. The summed E-state index contributed by atoms with van der Waals surface area (Å²) in [6.07, 6.45) is 9.36. The lowest BCUT2D eigenvalue weighted by Gasteiger charge is -2.56. The van der Waals surface area contributed by atoms with Crippen molar-refractivity contribution in [2.45, 2.75) is 65.3 Å². The number of hydrogen-bond acceptors (Lipinski definition) is 5. The highest BCUT2D eigenvalue weighted by molar-refractivity contribution is 6.00. The average Bonchev–Trinajstić information content (AvgIpc) is 3.12. The normalized spacial score (nSPS) is 53.2. The third-order valence-corrected chi connectivity index (χ3v) is 10.5. The minimum absolute atomic E-state index is 0.0637. The molecule has 31 heavy (non-hydrogen) atoms. The van der Waals surface area contributed by atoms with E-state index in [-0.39, 0.29) is 52.7 Å². The van der Waals surface area contributed by atoms with Crippen molar-refractivity contribution >= 4 is 17.3 Å². The topological polar surface area (TPSA) is 65.7 Å². The molecule has 3 heterocycles. The Hall–Kier alpha value is -2.14. The zero-order valence-electron chi connectivity index (χ0n) is 18.4. The van der Waals surface area contributed by atoms with Crippen LogP contribution in [0.1, 0.15) is 52.5 Å². The maximum absolute atomic E-state index is 13.5. The molecule has 0 radical (unpaired) electrons. The van der Waals surface area contributed by atoms with Gasteiger partial charge in [-0.15, -0.1) is 0 Å². The zero-order chi connectivity index (χ0) is 21.6. The zero-order valence-corrected chi connectivity index (χ0v) is 18.4. The molecule has 0 unspecified atom stereocenters. The van der Waals surface area contributed by atoms with Crippen molar-refractivity contribution in [2.75, 3.05) is 0 Å². The monoisotopic (exact) mass is 420 g/mol. The maximum atomic E-state index is 13.5. The molecule has 5 nitrogen and oxygen atoms in total. The third kappa shape index (κ3) is 1.60. The SMILES string of the molecule is CC[C@@H]1[C@@]2(C)C(=O)C=C[C@@]3(C)C(=O)O[C@@H]([C@H]4O[C@H]5CC(c6ccoc6)=C(C)[C@]56C[C@@]416)[C@H]23. The van der Waals surface area contributed by atoms with Crippen molar-refractivity contribution in [3.05, 3.63) is 41.9 Å². The Labute approximate surface area is 181 Å². The first-order chi connectivity index (χ1) is 14.8. The highest BCUT2D eigenvalue weighted by Crippen LogP contribution is 2.88. The molecule has 1 aromatic rings. The predicted octanol–water partition coefficient (Wildman–Crippen LogP) is 4.33. The molecule has 2 spiro atoms. The summed E-state index contributed by atoms with van der Waals surface area (Å²) in [5, 5.41) is 0. The van der Waals surface area contributed by atoms with Gasteiger partial charge in [-0.05, 0) is 43.9 Å². The van der Waals surface area contributed by atoms with Crippen molar-refractivity contribution < 1.29 is 23.5 Å². The number of ketones is 1. The molecule has 0 aromatic carbocycles. The molecule has 6 aliphatic rings. The summed E-state index contributed by atoms with van der Waals surface area (Å²) in [5.41, 5.74) is 2.25. The van der Waals surface area contributed by atoms with Crippen molar-refractivity contribution in [3.63, 3.8) is 0 Å². The Morgan fingerprint density at radius 2 is 2.03 bits per heavy atom. The van der Waals surface area contributed by atoms with E-state index in [1.165, 1.54) is 11.1 Å². The third-order valence-electron chi connectivity index (χ3n) is 10.5. The van der Waals surface area contributed by atoms with Gasteiger partial charge in [0.05, 0.1) is 24.0 Å². The molecule has 162 valence electrons. The summed E-state index contributed by atoms with van der Waals surface area (Å²) in [4.78, 5) is 26.6. The molecular weight excluding hydrogens is 392 g/mol. The molecule has 2 saturated carbocycles. The highest BCUT2D eigenvalue weighted by Gasteiger charge is 2.90. The van der Waals surface area contributed by atoms with E-state index in [1.807, 2.05) is 19.3 Å². The molecule has 2 aliphatic heterocycles. The van der Waals surface area contributed by atoms with Gasteiger partial charge in [0.15, 0.2) is 5.78 Å². The van der Waals surface area contributed by atoms with E-state index in [2.05, 4.69) is 20.8 Å². The number of ether oxygens (including phenoxy) is 2. The van der Waals surface area contributed by atoms with Gasteiger partial charge < -0.3 is 13.9 Å². The average molecular weight is 421 g/mol. The molecule has 5 heteroatoms.